The van der Waals surface area contributed by atoms with E-state index in [9.17, 15) is 9.59 Å². The molecule has 2 aliphatic rings. The first-order chi connectivity index (χ1) is 10.1. The average molecular weight is 324 g/mol. The number of benzene rings is 1. The molecule has 1 aliphatic heterocycles. The summed E-state index contributed by atoms with van der Waals surface area (Å²) in [5.74, 6) is -0.0833. The molecular weight excluding hydrogens is 302 g/mol. The van der Waals surface area contributed by atoms with Gasteiger partial charge >= 0.3 is 0 Å². The minimum atomic E-state index is -0.237. The van der Waals surface area contributed by atoms with Crippen molar-refractivity contribution in [2.45, 2.75) is 37.9 Å². The number of rotatable bonds is 4. The van der Waals surface area contributed by atoms with E-state index < -0.39 is 0 Å². The number of amides is 2. The fourth-order valence-electron chi connectivity index (χ4n) is 2.69. The average Bonchev–Trinajstić information content (AvgIpc) is 3.29. The van der Waals surface area contributed by atoms with Crippen LogP contribution in [0, 0.1) is 0 Å². The molecule has 0 bridgehead atoms. The van der Waals surface area contributed by atoms with Gasteiger partial charge in [0.25, 0.3) is 0 Å². The zero-order valence-electron chi connectivity index (χ0n) is 12.7. The third-order valence-electron chi connectivity index (χ3n) is 4.08. The lowest BCUT2D eigenvalue weighted by Crippen LogP contribution is -2.50. The monoisotopic (exact) mass is 323 g/mol. The molecule has 1 fully saturated rings. The van der Waals surface area contributed by atoms with E-state index in [1.165, 1.54) is 16.0 Å². The molecule has 1 aliphatic carbocycles. The van der Waals surface area contributed by atoms with Gasteiger partial charge in [-0.3, -0.25) is 9.59 Å². The van der Waals surface area contributed by atoms with Gasteiger partial charge in [0.2, 0.25) is 11.8 Å². The molecule has 1 aromatic carbocycles. The number of fused-ring (bicyclic) bond motifs is 1. The van der Waals surface area contributed by atoms with Crippen molar-refractivity contribution >= 4 is 24.2 Å². The largest absolute Gasteiger partial charge is 0.352 e. The summed E-state index contributed by atoms with van der Waals surface area (Å²) in [4.78, 5) is 25.7. The van der Waals surface area contributed by atoms with Crippen molar-refractivity contribution in [3.63, 3.8) is 0 Å². The molecule has 1 unspecified atom stereocenters. The minimum absolute atomic E-state index is 0. The Kier molecular flexibility index (Phi) is 5.42. The van der Waals surface area contributed by atoms with Gasteiger partial charge < -0.3 is 15.5 Å². The zero-order valence-corrected chi connectivity index (χ0v) is 13.5. The molecular formula is C16H22ClN3O2. The SMILES string of the molecule is CN(CC(=O)NC1CC1)C(=O)C1Cc2ccccc2CN1.Cl. The summed E-state index contributed by atoms with van der Waals surface area (Å²) in [5, 5.41) is 6.16. The van der Waals surface area contributed by atoms with Crippen LogP contribution < -0.4 is 10.6 Å². The van der Waals surface area contributed by atoms with Crippen LogP contribution in [-0.2, 0) is 22.6 Å². The summed E-state index contributed by atoms with van der Waals surface area (Å²) in [6, 6.07) is 8.25. The molecule has 22 heavy (non-hydrogen) atoms. The van der Waals surface area contributed by atoms with E-state index in [2.05, 4.69) is 22.8 Å². The highest BCUT2D eigenvalue weighted by Gasteiger charge is 2.28. The highest BCUT2D eigenvalue weighted by Crippen LogP contribution is 2.19. The topological polar surface area (TPSA) is 61.4 Å². The summed E-state index contributed by atoms with van der Waals surface area (Å²) in [5.41, 5.74) is 2.46. The number of carbonyl (C=O) groups is 2. The van der Waals surface area contributed by atoms with Crippen LogP contribution in [0.5, 0.6) is 0 Å². The zero-order chi connectivity index (χ0) is 14.8. The van der Waals surface area contributed by atoms with Gasteiger partial charge in [-0.05, 0) is 30.4 Å². The first-order valence-corrected chi connectivity index (χ1v) is 7.48. The Morgan fingerprint density at radius 2 is 1.95 bits per heavy atom. The van der Waals surface area contributed by atoms with E-state index in [1.807, 2.05) is 12.1 Å². The van der Waals surface area contributed by atoms with Crippen molar-refractivity contribution in [3.8, 4) is 0 Å². The molecule has 0 radical (unpaired) electrons. The molecule has 1 heterocycles. The molecule has 0 spiro atoms. The molecule has 6 heteroatoms. The van der Waals surface area contributed by atoms with Gasteiger partial charge in [-0.15, -0.1) is 12.4 Å². The summed E-state index contributed by atoms with van der Waals surface area (Å²) < 4.78 is 0. The number of nitrogens with one attached hydrogen (secondary N) is 2. The lowest BCUT2D eigenvalue weighted by atomic mass is 9.95. The molecule has 0 aromatic heterocycles. The van der Waals surface area contributed by atoms with Crippen molar-refractivity contribution in [2.24, 2.45) is 0 Å². The van der Waals surface area contributed by atoms with E-state index in [0.29, 0.717) is 19.0 Å². The summed E-state index contributed by atoms with van der Waals surface area (Å²) in [6.45, 7) is 0.837. The molecule has 5 nitrogen and oxygen atoms in total. The van der Waals surface area contributed by atoms with Gasteiger partial charge in [0.1, 0.15) is 0 Å². The maximum absolute atomic E-state index is 12.4. The van der Waals surface area contributed by atoms with Crippen molar-refractivity contribution < 1.29 is 9.59 Å². The van der Waals surface area contributed by atoms with E-state index in [-0.39, 0.29) is 36.8 Å². The second-order valence-electron chi connectivity index (χ2n) is 5.94. The van der Waals surface area contributed by atoms with Crippen LogP contribution in [0.15, 0.2) is 24.3 Å². The maximum atomic E-state index is 12.4. The highest BCUT2D eigenvalue weighted by atomic mass is 35.5. The first kappa shape index (κ1) is 16.8. The van der Waals surface area contributed by atoms with Crippen molar-refractivity contribution in [1.29, 1.82) is 0 Å². The van der Waals surface area contributed by atoms with Crippen LogP contribution in [-0.4, -0.2) is 42.4 Å². The van der Waals surface area contributed by atoms with Gasteiger partial charge in [-0.1, -0.05) is 24.3 Å². The third-order valence-corrected chi connectivity index (χ3v) is 4.08. The normalized spacial score (nSPS) is 19.6. The fourth-order valence-corrected chi connectivity index (χ4v) is 2.69. The predicted molar refractivity (Wildman–Crippen MR) is 86.8 cm³/mol. The summed E-state index contributed by atoms with van der Waals surface area (Å²) in [6.07, 6.45) is 2.80. The van der Waals surface area contributed by atoms with E-state index in [4.69, 9.17) is 0 Å². The Morgan fingerprint density at radius 1 is 1.27 bits per heavy atom. The fraction of sp³-hybridized carbons (Fsp3) is 0.500. The van der Waals surface area contributed by atoms with Crippen LogP contribution in [0.4, 0.5) is 0 Å². The summed E-state index contributed by atoms with van der Waals surface area (Å²) in [7, 11) is 1.69. The maximum Gasteiger partial charge on any atom is 0.240 e. The van der Waals surface area contributed by atoms with Gasteiger partial charge in [-0.25, -0.2) is 0 Å². The van der Waals surface area contributed by atoms with Gasteiger partial charge in [0, 0.05) is 19.6 Å². The molecule has 1 saturated carbocycles. The predicted octanol–water partition coefficient (Wildman–Crippen LogP) is 0.860. The smallest absolute Gasteiger partial charge is 0.240 e. The van der Waals surface area contributed by atoms with Crippen molar-refractivity contribution in [2.75, 3.05) is 13.6 Å². The van der Waals surface area contributed by atoms with Gasteiger partial charge in [0.15, 0.2) is 0 Å². The molecule has 3 rings (SSSR count). The van der Waals surface area contributed by atoms with Crippen LogP contribution >= 0.6 is 12.4 Å². The van der Waals surface area contributed by atoms with E-state index in [1.54, 1.807) is 7.05 Å². The molecule has 1 aromatic rings. The van der Waals surface area contributed by atoms with Crippen molar-refractivity contribution in [1.82, 2.24) is 15.5 Å². The van der Waals surface area contributed by atoms with Crippen LogP contribution in [0.25, 0.3) is 0 Å². The lowest BCUT2D eigenvalue weighted by molar-refractivity contribution is -0.136. The van der Waals surface area contributed by atoms with Gasteiger partial charge in [0.05, 0.1) is 12.6 Å². The van der Waals surface area contributed by atoms with Crippen LogP contribution in [0.1, 0.15) is 24.0 Å². The third kappa shape index (κ3) is 3.99. The molecule has 1 atom stereocenters. The number of halogens is 1. The van der Waals surface area contributed by atoms with Gasteiger partial charge in [-0.2, -0.15) is 0 Å². The number of nitrogens with zero attached hydrogens (tertiary/aromatic N) is 1. The Hall–Kier alpha value is -1.59. The standard InChI is InChI=1S/C16H21N3O2.ClH/c1-19(10-15(20)18-13-6-7-13)16(21)14-8-11-4-2-3-5-12(11)9-17-14;/h2-5,13-14,17H,6-10H2,1H3,(H,18,20);1H. The first-order valence-electron chi connectivity index (χ1n) is 7.48. The Bertz CT molecular complexity index is 560. The molecule has 2 N–H and O–H groups in total. The van der Waals surface area contributed by atoms with E-state index in [0.717, 1.165) is 12.8 Å². The molecule has 120 valence electrons. The highest BCUT2D eigenvalue weighted by molar-refractivity contribution is 5.88. The van der Waals surface area contributed by atoms with E-state index >= 15 is 0 Å². The number of hydrogen-bond acceptors (Lipinski definition) is 3. The number of likely N-dealkylation sites (N-methyl/N-ethyl adjacent to an activating group) is 1. The van der Waals surface area contributed by atoms with Crippen LogP contribution in [0.2, 0.25) is 0 Å². The number of carbonyl (C=O) groups excluding carboxylic acids is 2. The van der Waals surface area contributed by atoms with Crippen molar-refractivity contribution in [3.05, 3.63) is 35.4 Å². The Balaban J connectivity index is 0.00000176. The molecule has 0 saturated heterocycles. The van der Waals surface area contributed by atoms with Crippen LogP contribution in [0.3, 0.4) is 0 Å². The second kappa shape index (κ2) is 7.11. The quantitative estimate of drug-likeness (QED) is 0.864. The second-order valence-corrected chi connectivity index (χ2v) is 5.94. The summed E-state index contributed by atoms with van der Waals surface area (Å²) >= 11 is 0. The number of hydrogen-bond donors (Lipinski definition) is 2. The molecule has 2 amide bonds. The Labute approximate surface area is 136 Å². The minimum Gasteiger partial charge on any atom is -0.352 e. The Morgan fingerprint density at radius 3 is 2.64 bits per heavy atom. The lowest BCUT2D eigenvalue weighted by Gasteiger charge is -2.28.